The number of rotatable bonds is 13. The van der Waals surface area contributed by atoms with Crippen molar-refractivity contribution in [3.05, 3.63) is 125 Å². The van der Waals surface area contributed by atoms with Gasteiger partial charge >= 0.3 is 5.97 Å². The van der Waals surface area contributed by atoms with Gasteiger partial charge in [-0.15, -0.1) is 0 Å². The van der Waals surface area contributed by atoms with Crippen LogP contribution < -0.4 is 13.3 Å². The Morgan fingerprint density at radius 1 is 0.705 bits per heavy atom. The molecule has 0 aliphatic carbocycles. The highest BCUT2D eigenvalue weighted by Crippen LogP contribution is 2.34. The summed E-state index contributed by atoms with van der Waals surface area (Å²) in [6.45, 7) is 1.97. The number of sulfonamides is 2. The van der Waals surface area contributed by atoms with Crippen LogP contribution in [0.1, 0.15) is 32.6 Å². The van der Waals surface area contributed by atoms with E-state index in [0.717, 1.165) is 23.6 Å². The fourth-order valence-electron chi connectivity index (χ4n) is 4.81. The van der Waals surface area contributed by atoms with Gasteiger partial charge in [0.25, 0.3) is 0 Å². The Morgan fingerprint density at radius 2 is 1.27 bits per heavy atom. The summed E-state index contributed by atoms with van der Waals surface area (Å²) in [5, 5.41) is 8.85. The van der Waals surface area contributed by atoms with Gasteiger partial charge in [0.1, 0.15) is 5.75 Å². The molecule has 0 bridgehead atoms. The average Bonchev–Trinajstić information content (AvgIpc) is 2.96. The van der Waals surface area contributed by atoms with E-state index in [1.54, 1.807) is 43.3 Å². The minimum Gasteiger partial charge on any atom is -0.482 e. The second kappa shape index (κ2) is 13.3. The summed E-state index contributed by atoms with van der Waals surface area (Å²) in [4.78, 5) is 26.0. The van der Waals surface area contributed by atoms with E-state index in [4.69, 9.17) is 9.84 Å². The fourth-order valence-corrected chi connectivity index (χ4v) is 7.88. The predicted octanol–water partition coefficient (Wildman–Crippen LogP) is 4.62. The Kier molecular flexibility index (Phi) is 9.75. The van der Waals surface area contributed by atoms with Gasteiger partial charge in [0.15, 0.2) is 12.4 Å². The van der Waals surface area contributed by atoms with E-state index < -0.39 is 32.6 Å². The molecular weight excluding hydrogens is 604 g/mol. The number of hydrogen-bond acceptors (Lipinski definition) is 8. The van der Waals surface area contributed by atoms with Crippen molar-refractivity contribution in [3.63, 3.8) is 0 Å². The first-order valence-electron chi connectivity index (χ1n) is 13.4. The summed E-state index contributed by atoms with van der Waals surface area (Å²) in [6.07, 6.45) is 1.70. The third-order valence-corrected chi connectivity index (χ3v) is 9.90. The number of ketones is 1. The lowest BCUT2D eigenvalue weighted by atomic mass is 10.0. The van der Waals surface area contributed by atoms with Crippen molar-refractivity contribution in [2.24, 2.45) is 0 Å². The molecule has 0 aliphatic rings. The van der Waals surface area contributed by atoms with E-state index in [2.05, 4.69) is 0 Å². The normalized spacial score (nSPS) is 11.5. The van der Waals surface area contributed by atoms with Crippen LogP contribution in [-0.4, -0.2) is 52.8 Å². The number of aliphatic carboxylic acids is 1. The van der Waals surface area contributed by atoms with Crippen LogP contribution in [0.15, 0.2) is 97.1 Å². The standard InChI is InChI=1S/C32H32N2O8S2/c1-23-29(13-8-14-30(23)34(43(2,38)39)44(3,40)41)33(20-24-9-5-4-6-10-24)21-25-15-17-26(18-16-25)32(37)27-11-7-12-28(19-27)42-22-31(35)36/h4-19H,20-22H2,1-3H3,(H,35,36). The van der Waals surface area contributed by atoms with Crippen molar-refractivity contribution in [1.29, 1.82) is 0 Å². The quantitative estimate of drug-likeness (QED) is 0.208. The number of anilines is 2. The number of nitrogens with zero attached hydrogens (tertiary/aromatic N) is 2. The third kappa shape index (κ3) is 8.03. The summed E-state index contributed by atoms with van der Waals surface area (Å²) >= 11 is 0. The molecule has 0 amide bonds. The zero-order chi connectivity index (χ0) is 32.1. The summed E-state index contributed by atoms with van der Waals surface area (Å²) in [5.74, 6) is -1.11. The zero-order valence-electron chi connectivity index (χ0n) is 24.4. The summed E-state index contributed by atoms with van der Waals surface area (Å²) in [7, 11) is -8.29. The van der Waals surface area contributed by atoms with Crippen molar-refractivity contribution in [1.82, 2.24) is 0 Å². The molecule has 0 atom stereocenters. The van der Waals surface area contributed by atoms with E-state index in [9.17, 15) is 26.4 Å². The van der Waals surface area contributed by atoms with E-state index in [-0.39, 0.29) is 17.2 Å². The van der Waals surface area contributed by atoms with Crippen LogP contribution in [0.5, 0.6) is 5.75 Å². The van der Waals surface area contributed by atoms with E-state index in [1.165, 1.54) is 12.1 Å². The van der Waals surface area contributed by atoms with E-state index >= 15 is 0 Å². The van der Waals surface area contributed by atoms with Gasteiger partial charge in [-0.05, 0) is 47.9 Å². The second-order valence-corrected chi connectivity index (χ2v) is 14.1. The van der Waals surface area contributed by atoms with Gasteiger partial charge in [-0.2, -0.15) is 3.71 Å². The van der Waals surface area contributed by atoms with Crippen LogP contribution in [0.25, 0.3) is 0 Å². The molecule has 0 heterocycles. The van der Waals surface area contributed by atoms with Crippen LogP contribution in [0.3, 0.4) is 0 Å². The highest BCUT2D eigenvalue weighted by Gasteiger charge is 2.30. The molecular formula is C32H32N2O8S2. The number of carboxylic acids is 1. The van der Waals surface area contributed by atoms with Crippen molar-refractivity contribution in [2.75, 3.05) is 27.7 Å². The number of carbonyl (C=O) groups excluding carboxylic acids is 1. The topological polar surface area (TPSA) is 138 Å². The van der Waals surface area contributed by atoms with Crippen LogP contribution >= 0.6 is 0 Å². The summed E-state index contributed by atoms with van der Waals surface area (Å²) < 4.78 is 55.8. The third-order valence-electron chi connectivity index (χ3n) is 6.68. The molecule has 4 aromatic carbocycles. The predicted molar refractivity (Wildman–Crippen MR) is 169 cm³/mol. The number of benzene rings is 4. The van der Waals surface area contributed by atoms with E-state index in [0.29, 0.717) is 39.2 Å². The SMILES string of the molecule is Cc1c(N(Cc2ccccc2)Cc2ccc(C(=O)c3cccc(OCC(=O)O)c3)cc2)cccc1N(S(C)(=O)=O)S(C)(=O)=O. The maximum atomic E-state index is 13.2. The van der Waals surface area contributed by atoms with Crippen molar-refractivity contribution >= 4 is 43.2 Å². The molecule has 1 N–H and O–H groups in total. The lowest BCUT2D eigenvalue weighted by molar-refractivity contribution is -0.139. The Bertz CT molecular complexity index is 1840. The van der Waals surface area contributed by atoms with Crippen LogP contribution in [0, 0.1) is 6.92 Å². The maximum Gasteiger partial charge on any atom is 0.341 e. The number of carboxylic acid groups (broad SMARTS) is 1. The number of ether oxygens (including phenoxy) is 1. The van der Waals surface area contributed by atoms with Crippen LogP contribution in [-0.2, 0) is 37.9 Å². The lowest BCUT2D eigenvalue weighted by Gasteiger charge is -2.30. The van der Waals surface area contributed by atoms with Gasteiger partial charge < -0.3 is 14.7 Å². The molecule has 4 rings (SSSR count). The molecule has 0 saturated carbocycles. The fraction of sp³-hybridized carbons (Fsp3) is 0.188. The molecule has 0 unspecified atom stereocenters. The molecule has 0 saturated heterocycles. The van der Waals surface area contributed by atoms with Crippen LogP contribution in [0.2, 0.25) is 0 Å². The minimum absolute atomic E-state index is 0.0427. The molecule has 0 radical (unpaired) electrons. The van der Waals surface area contributed by atoms with Crippen LogP contribution in [0.4, 0.5) is 11.4 Å². The molecule has 12 heteroatoms. The minimum atomic E-state index is -4.14. The molecule has 0 fully saturated rings. The Hall–Kier alpha value is -4.68. The molecule has 0 aliphatic heterocycles. The zero-order valence-corrected chi connectivity index (χ0v) is 26.0. The number of hydrogen-bond donors (Lipinski definition) is 1. The first-order valence-corrected chi connectivity index (χ1v) is 17.1. The Balaban J connectivity index is 1.66. The average molecular weight is 637 g/mol. The molecule has 0 spiro atoms. The first kappa shape index (κ1) is 32.2. The van der Waals surface area contributed by atoms with Gasteiger partial charge in [0, 0.05) is 29.9 Å². The second-order valence-electron chi connectivity index (χ2n) is 10.2. The van der Waals surface area contributed by atoms with Crippen molar-refractivity contribution < 1.29 is 36.3 Å². The maximum absolute atomic E-state index is 13.2. The molecule has 0 aromatic heterocycles. The smallest absolute Gasteiger partial charge is 0.341 e. The highest BCUT2D eigenvalue weighted by atomic mass is 32.3. The van der Waals surface area contributed by atoms with Gasteiger partial charge in [0.2, 0.25) is 20.0 Å². The monoisotopic (exact) mass is 636 g/mol. The summed E-state index contributed by atoms with van der Waals surface area (Å²) in [5.41, 5.74) is 3.76. The molecule has 10 nitrogen and oxygen atoms in total. The van der Waals surface area contributed by atoms with Gasteiger partial charge in [0.05, 0.1) is 18.2 Å². The molecule has 4 aromatic rings. The van der Waals surface area contributed by atoms with E-state index in [1.807, 2.05) is 53.4 Å². The Morgan fingerprint density at radius 3 is 1.86 bits per heavy atom. The Labute approximate surface area is 257 Å². The molecule has 44 heavy (non-hydrogen) atoms. The highest BCUT2D eigenvalue weighted by molar-refractivity contribution is 8.09. The van der Waals surface area contributed by atoms with Gasteiger partial charge in [-0.25, -0.2) is 21.6 Å². The summed E-state index contributed by atoms with van der Waals surface area (Å²) in [6, 6.07) is 27.9. The van der Waals surface area contributed by atoms with Crippen molar-refractivity contribution in [3.8, 4) is 5.75 Å². The molecule has 230 valence electrons. The van der Waals surface area contributed by atoms with Gasteiger partial charge in [-0.1, -0.05) is 72.8 Å². The first-order chi connectivity index (χ1) is 20.7. The number of carbonyl (C=O) groups is 2. The lowest BCUT2D eigenvalue weighted by Crippen LogP contribution is -2.36. The largest absolute Gasteiger partial charge is 0.482 e. The van der Waals surface area contributed by atoms with Crippen molar-refractivity contribution in [2.45, 2.75) is 20.0 Å². The van der Waals surface area contributed by atoms with Gasteiger partial charge in [-0.3, -0.25) is 4.79 Å².